The average Bonchev–Trinajstić information content (AvgIpc) is 2.61. The van der Waals surface area contributed by atoms with Crippen molar-refractivity contribution in [1.82, 2.24) is 5.32 Å². The van der Waals surface area contributed by atoms with E-state index >= 15 is 0 Å². The van der Waals surface area contributed by atoms with E-state index in [9.17, 15) is 25.2 Å². The Kier molecular flexibility index (Phi) is 6.67. The Labute approximate surface area is 139 Å². The number of nitrogens with one attached hydrogen (secondary N) is 1. The van der Waals surface area contributed by atoms with Crippen LogP contribution >= 0.6 is 0 Å². The molecule has 6 atom stereocenters. The van der Waals surface area contributed by atoms with Crippen molar-refractivity contribution >= 4 is 5.91 Å². The van der Waals surface area contributed by atoms with Gasteiger partial charge >= 0.3 is 0 Å². The second-order valence-corrected chi connectivity index (χ2v) is 5.61. The Morgan fingerprint density at radius 1 is 1.21 bits per heavy atom. The van der Waals surface area contributed by atoms with Gasteiger partial charge in [0.2, 0.25) is 5.91 Å². The Morgan fingerprint density at radius 2 is 1.88 bits per heavy atom. The molecular weight excluding hydrogens is 318 g/mol. The minimum Gasteiger partial charge on any atom is -0.394 e. The molecule has 0 spiro atoms. The first-order chi connectivity index (χ1) is 11.5. The number of benzene rings is 1. The number of hydrogen-bond acceptors (Lipinski definition) is 7. The molecule has 1 fully saturated rings. The van der Waals surface area contributed by atoms with Crippen LogP contribution in [0, 0.1) is 0 Å². The van der Waals surface area contributed by atoms with Gasteiger partial charge in [0.05, 0.1) is 19.1 Å². The second kappa shape index (κ2) is 8.52. The van der Waals surface area contributed by atoms with Gasteiger partial charge in [-0.15, -0.1) is 0 Å². The maximum Gasteiger partial charge on any atom is 0.222 e. The zero-order valence-electron chi connectivity index (χ0n) is 13.3. The number of hydrogen-bond donors (Lipinski definition) is 5. The standard InChI is InChI=1S/C16H23NO7/c1-17-12(19)7-10(9-5-3-2-4-6-9)23-16-15(22)14(21)13(20)11(8-18)24-16/h2-6,10-11,13-16,18,20-22H,7-8H2,1H3,(H,17,19). The highest BCUT2D eigenvalue weighted by molar-refractivity contribution is 5.76. The van der Waals surface area contributed by atoms with Crippen LogP contribution in [-0.4, -0.2) is 70.7 Å². The fourth-order valence-electron chi connectivity index (χ4n) is 2.52. The molecule has 1 aromatic rings. The van der Waals surface area contributed by atoms with Crippen molar-refractivity contribution in [3.05, 3.63) is 35.9 Å². The number of carbonyl (C=O) groups is 1. The maximum absolute atomic E-state index is 11.7. The molecule has 1 aliphatic rings. The zero-order chi connectivity index (χ0) is 17.7. The lowest BCUT2D eigenvalue weighted by Gasteiger charge is -2.40. The van der Waals surface area contributed by atoms with Crippen molar-refractivity contribution in [2.75, 3.05) is 13.7 Å². The number of aliphatic hydroxyl groups is 4. The normalized spacial score (nSPS) is 31.5. The molecule has 8 nitrogen and oxygen atoms in total. The van der Waals surface area contributed by atoms with E-state index in [4.69, 9.17) is 9.47 Å². The summed E-state index contributed by atoms with van der Waals surface area (Å²) in [5, 5.41) is 41.4. The first kappa shape index (κ1) is 18.8. The van der Waals surface area contributed by atoms with E-state index in [0.717, 1.165) is 0 Å². The summed E-state index contributed by atoms with van der Waals surface area (Å²) in [4.78, 5) is 11.7. The summed E-state index contributed by atoms with van der Waals surface area (Å²) in [5.41, 5.74) is 0.693. The predicted octanol–water partition coefficient (Wildman–Crippen LogP) is -1.32. The summed E-state index contributed by atoms with van der Waals surface area (Å²) < 4.78 is 11.0. The number of ether oxygens (including phenoxy) is 2. The third-order valence-electron chi connectivity index (χ3n) is 3.97. The first-order valence-corrected chi connectivity index (χ1v) is 7.69. The smallest absolute Gasteiger partial charge is 0.222 e. The quantitative estimate of drug-likeness (QED) is 0.434. The van der Waals surface area contributed by atoms with Gasteiger partial charge in [0, 0.05) is 7.05 Å². The van der Waals surface area contributed by atoms with Crippen molar-refractivity contribution in [2.45, 2.75) is 43.2 Å². The monoisotopic (exact) mass is 341 g/mol. The summed E-state index contributed by atoms with van der Waals surface area (Å²) in [5.74, 6) is -0.270. The largest absolute Gasteiger partial charge is 0.394 e. The van der Waals surface area contributed by atoms with Crippen LogP contribution in [0.3, 0.4) is 0 Å². The van der Waals surface area contributed by atoms with Crippen molar-refractivity contribution in [2.24, 2.45) is 0 Å². The fourth-order valence-corrected chi connectivity index (χ4v) is 2.52. The minimum atomic E-state index is -1.53. The lowest BCUT2D eigenvalue weighted by Crippen LogP contribution is -2.59. The molecule has 134 valence electrons. The van der Waals surface area contributed by atoms with Gasteiger partial charge in [-0.2, -0.15) is 0 Å². The Bertz CT molecular complexity index is 524. The summed E-state index contributed by atoms with van der Waals surface area (Å²) in [6.45, 7) is -0.545. The van der Waals surface area contributed by atoms with Crippen LogP contribution in [0.5, 0.6) is 0 Å². The Balaban J connectivity index is 2.17. The topological polar surface area (TPSA) is 128 Å². The summed E-state index contributed by atoms with van der Waals surface area (Å²) >= 11 is 0. The molecule has 1 heterocycles. The second-order valence-electron chi connectivity index (χ2n) is 5.61. The van der Waals surface area contributed by atoms with Gasteiger partial charge in [-0.1, -0.05) is 30.3 Å². The average molecular weight is 341 g/mol. The highest BCUT2D eigenvalue weighted by Gasteiger charge is 2.45. The number of amides is 1. The maximum atomic E-state index is 11.7. The van der Waals surface area contributed by atoms with Gasteiger partial charge < -0.3 is 35.2 Å². The first-order valence-electron chi connectivity index (χ1n) is 7.69. The number of rotatable bonds is 6. The molecule has 1 saturated heterocycles. The number of carbonyl (C=O) groups excluding carboxylic acids is 1. The van der Waals surface area contributed by atoms with Crippen molar-refractivity contribution in [1.29, 1.82) is 0 Å². The summed E-state index contributed by atoms with van der Waals surface area (Å²) in [6.07, 6.45) is -7.61. The van der Waals surface area contributed by atoms with Gasteiger partial charge in [-0.25, -0.2) is 0 Å². The third kappa shape index (κ3) is 4.29. The van der Waals surface area contributed by atoms with Crippen LogP contribution in [0.15, 0.2) is 30.3 Å². The lowest BCUT2D eigenvalue weighted by atomic mass is 9.99. The van der Waals surface area contributed by atoms with E-state index in [2.05, 4.69) is 5.32 Å². The highest BCUT2D eigenvalue weighted by Crippen LogP contribution is 2.29. The van der Waals surface area contributed by atoms with Gasteiger partial charge in [0.1, 0.15) is 24.4 Å². The van der Waals surface area contributed by atoms with Crippen LogP contribution in [0.25, 0.3) is 0 Å². The third-order valence-corrected chi connectivity index (χ3v) is 3.97. The van der Waals surface area contributed by atoms with E-state index in [1.807, 2.05) is 6.07 Å². The van der Waals surface area contributed by atoms with Crippen molar-refractivity contribution in [3.63, 3.8) is 0 Å². The Hall–Kier alpha value is -1.55. The highest BCUT2D eigenvalue weighted by atomic mass is 16.7. The molecule has 0 saturated carbocycles. The van der Waals surface area contributed by atoms with Crippen molar-refractivity contribution in [3.8, 4) is 0 Å². The molecular formula is C16H23NO7. The van der Waals surface area contributed by atoms with Crippen LogP contribution in [0.1, 0.15) is 18.1 Å². The molecule has 1 aliphatic heterocycles. The van der Waals surface area contributed by atoms with E-state index in [-0.39, 0.29) is 12.3 Å². The van der Waals surface area contributed by atoms with E-state index in [0.29, 0.717) is 5.56 Å². The van der Waals surface area contributed by atoms with Crippen molar-refractivity contribution < 1.29 is 34.7 Å². The molecule has 0 radical (unpaired) electrons. The number of aliphatic hydroxyl groups excluding tert-OH is 4. The van der Waals surface area contributed by atoms with Crippen LogP contribution < -0.4 is 5.32 Å². The van der Waals surface area contributed by atoms with E-state index < -0.39 is 43.4 Å². The molecule has 1 aromatic carbocycles. The molecule has 2 rings (SSSR count). The van der Waals surface area contributed by atoms with Crippen LogP contribution in [0.2, 0.25) is 0 Å². The summed E-state index contributed by atoms with van der Waals surface area (Å²) in [7, 11) is 1.50. The summed E-state index contributed by atoms with van der Waals surface area (Å²) in [6, 6.07) is 8.90. The molecule has 24 heavy (non-hydrogen) atoms. The predicted molar refractivity (Wildman–Crippen MR) is 82.7 cm³/mol. The minimum absolute atomic E-state index is 0.0183. The molecule has 5 N–H and O–H groups in total. The van der Waals surface area contributed by atoms with Gasteiger partial charge in [0.15, 0.2) is 6.29 Å². The lowest BCUT2D eigenvalue weighted by molar-refractivity contribution is -0.312. The van der Waals surface area contributed by atoms with Crippen LogP contribution in [-0.2, 0) is 14.3 Å². The molecule has 8 heteroatoms. The Morgan fingerprint density at radius 3 is 2.46 bits per heavy atom. The van der Waals surface area contributed by atoms with E-state index in [1.165, 1.54) is 7.05 Å². The van der Waals surface area contributed by atoms with Gasteiger partial charge in [0.25, 0.3) is 0 Å². The molecule has 0 bridgehead atoms. The van der Waals surface area contributed by atoms with Gasteiger partial charge in [-0.3, -0.25) is 4.79 Å². The van der Waals surface area contributed by atoms with Gasteiger partial charge in [-0.05, 0) is 5.56 Å². The fraction of sp³-hybridized carbons (Fsp3) is 0.562. The molecule has 0 aliphatic carbocycles. The SMILES string of the molecule is CNC(=O)CC(OC1OC(CO)C(O)C(O)C1O)c1ccccc1. The van der Waals surface area contributed by atoms with Crippen LogP contribution in [0.4, 0.5) is 0 Å². The molecule has 0 aromatic heterocycles. The zero-order valence-corrected chi connectivity index (χ0v) is 13.3. The molecule has 1 amide bonds. The van der Waals surface area contributed by atoms with E-state index in [1.54, 1.807) is 24.3 Å². The molecule has 6 unspecified atom stereocenters.